The molecule has 0 radical (unpaired) electrons. The second kappa shape index (κ2) is 10.7. The molecule has 206 valence electrons. The molecule has 0 saturated carbocycles. The predicted molar refractivity (Wildman–Crippen MR) is 148 cm³/mol. The van der Waals surface area contributed by atoms with Gasteiger partial charge < -0.3 is 9.47 Å². The maximum Gasteiger partial charge on any atom is 0.343 e. The highest BCUT2D eigenvalue weighted by Crippen LogP contribution is 2.49. The van der Waals surface area contributed by atoms with Gasteiger partial charge in [-0.15, -0.1) is 0 Å². The summed E-state index contributed by atoms with van der Waals surface area (Å²) >= 11 is 6.10. The van der Waals surface area contributed by atoms with Crippen molar-refractivity contribution in [1.29, 1.82) is 0 Å². The zero-order valence-corrected chi connectivity index (χ0v) is 22.3. The van der Waals surface area contributed by atoms with Crippen LogP contribution in [0.3, 0.4) is 0 Å². The van der Waals surface area contributed by atoms with E-state index in [1.54, 1.807) is 72.8 Å². The summed E-state index contributed by atoms with van der Waals surface area (Å²) in [4.78, 5) is 47.1. The van der Waals surface area contributed by atoms with Crippen molar-refractivity contribution in [3.63, 3.8) is 0 Å². The largest absolute Gasteiger partial charge is 0.493 e. The maximum absolute atomic E-state index is 13.8. The van der Waals surface area contributed by atoms with Crippen molar-refractivity contribution in [2.75, 3.05) is 17.1 Å². The van der Waals surface area contributed by atoms with Crippen molar-refractivity contribution in [3.05, 3.63) is 119 Å². The molecule has 0 aliphatic carbocycles. The van der Waals surface area contributed by atoms with Crippen molar-refractivity contribution >= 4 is 40.8 Å². The number of benzene rings is 4. The highest BCUT2D eigenvalue weighted by atomic mass is 35.5. The Bertz CT molecular complexity index is 1630. The fourth-order valence-corrected chi connectivity index (χ4v) is 5.22. The van der Waals surface area contributed by atoms with Gasteiger partial charge in [0.1, 0.15) is 11.7 Å². The van der Waals surface area contributed by atoms with Gasteiger partial charge in [-0.3, -0.25) is 14.4 Å². The van der Waals surface area contributed by atoms with E-state index in [1.165, 1.54) is 36.4 Å². The predicted octanol–water partition coefficient (Wildman–Crippen LogP) is 5.76. The number of esters is 1. The molecule has 10 heteroatoms. The molecule has 2 aliphatic heterocycles. The van der Waals surface area contributed by atoms with Gasteiger partial charge in [0.25, 0.3) is 5.91 Å². The Hall–Kier alpha value is -4.73. The fourth-order valence-electron chi connectivity index (χ4n) is 5.10. The molecule has 8 nitrogen and oxygen atoms in total. The van der Waals surface area contributed by atoms with Gasteiger partial charge in [0.2, 0.25) is 5.91 Å². The molecule has 3 atom stereocenters. The molecule has 2 aliphatic rings. The second-order valence-electron chi connectivity index (χ2n) is 9.45. The molecule has 2 fully saturated rings. The first-order chi connectivity index (χ1) is 19.9. The summed E-state index contributed by atoms with van der Waals surface area (Å²) in [6, 6.07) is 24.6. The molecule has 0 spiro atoms. The van der Waals surface area contributed by atoms with E-state index in [9.17, 15) is 18.8 Å². The van der Waals surface area contributed by atoms with Crippen molar-refractivity contribution in [2.24, 2.45) is 5.92 Å². The number of imide groups is 1. The summed E-state index contributed by atoms with van der Waals surface area (Å²) < 4.78 is 24.7. The summed E-state index contributed by atoms with van der Waals surface area (Å²) in [7, 11) is 1.43. The summed E-state index contributed by atoms with van der Waals surface area (Å²) in [5.41, 5.74) is 1.76. The topological polar surface area (TPSA) is 85.4 Å². The van der Waals surface area contributed by atoms with Gasteiger partial charge in [-0.05, 0) is 78.4 Å². The van der Waals surface area contributed by atoms with Gasteiger partial charge in [0.15, 0.2) is 17.6 Å². The number of amides is 2. The quantitative estimate of drug-likeness (QED) is 0.165. The van der Waals surface area contributed by atoms with E-state index in [2.05, 4.69) is 0 Å². The Balaban J connectivity index is 1.38. The molecule has 0 aromatic heterocycles. The number of carbonyl (C=O) groups excluding carboxylic acids is 3. The lowest BCUT2D eigenvalue weighted by Crippen LogP contribution is -2.37. The zero-order chi connectivity index (χ0) is 28.7. The highest BCUT2D eigenvalue weighted by molar-refractivity contribution is 6.30. The number of anilines is 2. The molecular weight excluding hydrogens is 551 g/mol. The van der Waals surface area contributed by atoms with Gasteiger partial charge >= 0.3 is 5.97 Å². The van der Waals surface area contributed by atoms with Gasteiger partial charge in [-0.2, -0.15) is 0 Å². The molecule has 0 N–H and O–H groups in total. The van der Waals surface area contributed by atoms with Crippen LogP contribution < -0.4 is 19.4 Å². The molecule has 0 unspecified atom stereocenters. The number of nitrogens with zero attached hydrogens (tertiary/aromatic N) is 2. The average Bonchev–Trinajstić information content (AvgIpc) is 3.50. The first-order valence-corrected chi connectivity index (χ1v) is 13.0. The third-order valence-electron chi connectivity index (χ3n) is 7.02. The van der Waals surface area contributed by atoms with Crippen LogP contribution in [0.1, 0.15) is 22.0 Å². The summed E-state index contributed by atoms with van der Waals surface area (Å²) in [6.45, 7) is 0. The zero-order valence-electron chi connectivity index (χ0n) is 21.6. The summed E-state index contributed by atoms with van der Waals surface area (Å²) in [5.74, 6) is -2.61. The Morgan fingerprint density at radius 2 is 1.54 bits per heavy atom. The third kappa shape index (κ3) is 4.79. The average molecular weight is 573 g/mol. The Kier molecular flexibility index (Phi) is 6.90. The van der Waals surface area contributed by atoms with E-state index < -0.39 is 41.7 Å². The number of carbonyl (C=O) groups is 3. The molecule has 2 amide bonds. The third-order valence-corrected chi connectivity index (χ3v) is 7.27. The molecule has 4 aromatic carbocycles. The number of fused-ring (bicyclic) bond motifs is 1. The summed E-state index contributed by atoms with van der Waals surface area (Å²) in [5, 5.41) is 2.01. The van der Waals surface area contributed by atoms with Crippen LogP contribution in [0.2, 0.25) is 5.02 Å². The Morgan fingerprint density at radius 3 is 2.22 bits per heavy atom. The Morgan fingerprint density at radius 1 is 0.854 bits per heavy atom. The van der Waals surface area contributed by atoms with Crippen LogP contribution in [0.4, 0.5) is 15.8 Å². The fraction of sp³-hybridized carbons (Fsp3) is 0.129. The number of methoxy groups -OCH3 is 1. The van der Waals surface area contributed by atoms with Crippen LogP contribution in [-0.4, -0.2) is 31.0 Å². The number of rotatable bonds is 6. The van der Waals surface area contributed by atoms with Crippen LogP contribution >= 0.6 is 11.6 Å². The first-order valence-electron chi connectivity index (χ1n) is 12.7. The standard InChI is InChI=1S/C31H22ClFN2O6/c1-39-25-17-19(7-16-24(25)40-31(38)18-5-3-2-4-6-18)27-26-28(41-35(27)23-12-8-20(32)9-13-23)30(37)34(29(26)36)22-14-10-21(33)11-15-22/h2-17,26-28H,1H3/t26-,27+,28+/m0/s1. The van der Waals surface area contributed by atoms with Crippen LogP contribution in [0.5, 0.6) is 11.5 Å². The highest BCUT2D eigenvalue weighted by Gasteiger charge is 2.60. The van der Waals surface area contributed by atoms with Crippen LogP contribution in [0.15, 0.2) is 97.1 Å². The van der Waals surface area contributed by atoms with Crippen LogP contribution in [0.25, 0.3) is 0 Å². The molecule has 0 bridgehead atoms. The smallest absolute Gasteiger partial charge is 0.343 e. The SMILES string of the molecule is COc1cc([C@@H]2[C@@H]3C(=O)N(c4ccc(F)cc4)C(=O)[C@@H]3ON2c2ccc(Cl)cc2)ccc1OC(=O)c1ccccc1. The minimum atomic E-state index is -1.13. The lowest BCUT2D eigenvalue weighted by molar-refractivity contribution is -0.126. The minimum absolute atomic E-state index is 0.181. The lowest BCUT2D eigenvalue weighted by atomic mass is 9.90. The van der Waals surface area contributed by atoms with Gasteiger partial charge in [-0.1, -0.05) is 35.9 Å². The first kappa shape index (κ1) is 26.5. The van der Waals surface area contributed by atoms with Gasteiger partial charge in [0.05, 0.1) is 30.1 Å². The molecule has 4 aromatic rings. The van der Waals surface area contributed by atoms with Gasteiger partial charge in [0, 0.05) is 5.02 Å². The number of hydrogen-bond donors (Lipinski definition) is 0. The number of ether oxygens (including phenoxy) is 2. The molecule has 2 heterocycles. The van der Waals surface area contributed by atoms with E-state index >= 15 is 0 Å². The lowest BCUT2D eigenvalue weighted by Gasteiger charge is -2.29. The summed E-state index contributed by atoms with van der Waals surface area (Å²) in [6.07, 6.45) is -1.13. The second-order valence-corrected chi connectivity index (χ2v) is 9.89. The molecule has 2 saturated heterocycles. The van der Waals surface area contributed by atoms with E-state index in [0.717, 1.165) is 4.90 Å². The number of hydrogen-bond acceptors (Lipinski definition) is 7. The minimum Gasteiger partial charge on any atom is -0.493 e. The number of halogens is 2. The monoisotopic (exact) mass is 572 g/mol. The van der Waals surface area contributed by atoms with Crippen molar-refractivity contribution in [2.45, 2.75) is 12.1 Å². The Labute approximate surface area is 239 Å². The molecule has 41 heavy (non-hydrogen) atoms. The number of hydroxylamine groups is 1. The maximum atomic E-state index is 13.8. The van der Waals surface area contributed by atoms with Crippen molar-refractivity contribution in [3.8, 4) is 11.5 Å². The van der Waals surface area contributed by atoms with Crippen LogP contribution in [-0.2, 0) is 14.4 Å². The van der Waals surface area contributed by atoms with E-state index in [-0.39, 0.29) is 17.2 Å². The normalized spacial score (nSPS) is 19.8. The van der Waals surface area contributed by atoms with Crippen LogP contribution in [0, 0.1) is 11.7 Å². The van der Waals surface area contributed by atoms with E-state index in [4.69, 9.17) is 25.9 Å². The molecular formula is C31H22ClFN2O6. The van der Waals surface area contributed by atoms with Gasteiger partial charge in [-0.25, -0.2) is 19.1 Å². The molecule has 6 rings (SSSR count). The van der Waals surface area contributed by atoms with E-state index in [1.807, 2.05) is 0 Å². The van der Waals surface area contributed by atoms with Crippen molar-refractivity contribution < 1.29 is 33.1 Å². The van der Waals surface area contributed by atoms with Crippen molar-refractivity contribution in [1.82, 2.24) is 0 Å². The van der Waals surface area contributed by atoms with E-state index in [0.29, 0.717) is 21.8 Å².